The van der Waals surface area contributed by atoms with Crippen LogP contribution in [0.5, 0.6) is 17.2 Å². The number of nitrogens with one attached hydrogen (secondary N) is 1. The first-order valence-corrected chi connectivity index (χ1v) is 7.38. The third-order valence-electron chi connectivity index (χ3n) is 2.89. The minimum atomic E-state index is -0.354. The molecule has 1 amide bonds. The Labute approximate surface area is 144 Å². The van der Waals surface area contributed by atoms with E-state index in [0.717, 1.165) is 0 Å². The number of rotatable bonds is 6. The van der Waals surface area contributed by atoms with Crippen LogP contribution in [0.15, 0.2) is 36.4 Å². The second-order valence-corrected chi connectivity index (χ2v) is 5.38. The van der Waals surface area contributed by atoms with Crippen molar-refractivity contribution in [3.05, 3.63) is 46.4 Å². The molecule has 5 nitrogen and oxygen atoms in total. The van der Waals surface area contributed by atoms with Gasteiger partial charge in [-0.25, -0.2) is 0 Å². The SMILES string of the molecule is COc1ccc(OC)c(NC(=O)COc2cc(Cl)cc(Cl)c2)c1. The molecule has 0 atom stereocenters. The Morgan fingerprint density at radius 2 is 1.70 bits per heavy atom. The molecule has 0 aliphatic carbocycles. The van der Waals surface area contributed by atoms with Gasteiger partial charge in [0, 0.05) is 16.1 Å². The summed E-state index contributed by atoms with van der Waals surface area (Å²) in [7, 11) is 3.06. The number of carbonyl (C=O) groups is 1. The van der Waals surface area contributed by atoms with E-state index in [2.05, 4.69) is 5.32 Å². The van der Waals surface area contributed by atoms with Gasteiger partial charge in [0.1, 0.15) is 17.2 Å². The zero-order chi connectivity index (χ0) is 16.8. The number of hydrogen-bond donors (Lipinski definition) is 1. The monoisotopic (exact) mass is 355 g/mol. The van der Waals surface area contributed by atoms with Crippen molar-refractivity contribution in [2.75, 3.05) is 26.1 Å². The van der Waals surface area contributed by atoms with E-state index in [1.165, 1.54) is 7.11 Å². The van der Waals surface area contributed by atoms with Crippen LogP contribution in [0.3, 0.4) is 0 Å². The number of benzene rings is 2. The van der Waals surface area contributed by atoms with Gasteiger partial charge in [-0.1, -0.05) is 23.2 Å². The van der Waals surface area contributed by atoms with Crippen molar-refractivity contribution in [3.8, 4) is 17.2 Å². The number of hydrogen-bond acceptors (Lipinski definition) is 4. The quantitative estimate of drug-likeness (QED) is 0.849. The maximum Gasteiger partial charge on any atom is 0.262 e. The Morgan fingerprint density at radius 1 is 1.00 bits per heavy atom. The summed E-state index contributed by atoms with van der Waals surface area (Å²) in [5.74, 6) is 1.18. The Hall–Kier alpha value is -2.11. The normalized spacial score (nSPS) is 10.1. The van der Waals surface area contributed by atoms with E-state index in [1.807, 2.05) is 0 Å². The van der Waals surface area contributed by atoms with Crippen LogP contribution in [0.4, 0.5) is 5.69 Å². The van der Waals surface area contributed by atoms with Crippen molar-refractivity contribution in [2.24, 2.45) is 0 Å². The predicted molar refractivity (Wildman–Crippen MR) is 90.1 cm³/mol. The van der Waals surface area contributed by atoms with Crippen molar-refractivity contribution in [1.82, 2.24) is 0 Å². The van der Waals surface area contributed by atoms with Gasteiger partial charge in [-0.05, 0) is 30.3 Å². The van der Waals surface area contributed by atoms with Crippen molar-refractivity contribution >= 4 is 34.8 Å². The van der Waals surface area contributed by atoms with Crippen molar-refractivity contribution in [3.63, 3.8) is 0 Å². The Balaban J connectivity index is 2.02. The van der Waals surface area contributed by atoms with Crippen LogP contribution in [-0.2, 0) is 4.79 Å². The average molecular weight is 356 g/mol. The van der Waals surface area contributed by atoms with Gasteiger partial charge in [-0.3, -0.25) is 4.79 Å². The largest absolute Gasteiger partial charge is 0.497 e. The molecule has 0 aliphatic rings. The lowest BCUT2D eigenvalue weighted by atomic mass is 10.2. The Bertz CT molecular complexity index is 686. The third-order valence-corrected chi connectivity index (χ3v) is 3.32. The zero-order valence-corrected chi connectivity index (χ0v) is 14.1. The molecule has 0 fully saturated rings. The van der Waals surface area contributed by atoms with Gasteiger partial charge in [0.05, 0.1) is 19.9 Å². The molecule has 0 saturated carbocycles. The van der Waals surface area contributed by atoms with Crippen LogP contribution in [-0.4, -0.2) is 26.7 Å². The second kappa shape index (κ2) is 7.94. The van der Waals surface area contributed by atoms with Crippen molar-refractivity contribution in [1.29, 1.82) is 0 Å². The number of halogens is 2. The molecule has 0 unspecified atom stereocenters. The lowest BCUT2D eigenvalue weighted by Gasteiger charge is -2.12. The number of methoxy groups -OCH3 is 2. The van der Waals surface area contributed by atoms with Gasteiger partial charge in [0.25, 0.3) is 5.91 Å². The summed E-state index contributed by atoms with van der Waals surface area (Å²) in [5.41, 5.74) is 0.490. The van der Waals surface area contributed by atoms with Crippen LogP contribution >= 0.6 is 23.2 Å². The topological polar surface area (TPSA) is 56.8 Å². The standard InChI is InChI=1S/C16H15Cl2NO4/c1-21-12-3-4-15(22-2)14(8-12)19-16(20)9-23-13-6-10(17)5-11(18)7-13/h3-8H,9H2,1-2H3,(H,19,20). The highest BCUT2D eigenvalue weighted by Gasteiger charge is 2.10. The molecule has 7 heteroatoms. The molecule has 0 aromatic heterocycles. The van der Waals surface area contributed by atoms with E-state index >= 15 is 0 Å². The predicted octanol–water partition coefficient (Wildman–Crippen LogP) is 4.03. The fraction of sp³-hybridized carbons (Fsp3) is 0.188. The summed E-state index contributed by atoms with van der Waals surface area (Å²) in [4.78, 5) is 12.0. The third kappa shape index (κ3) is 4.94. The molecule has 0 spiro atoms. The van der Waals surface area contributed by atoms with E-state index in [4.69, 9.17) is 37.4 Å². The lowest BCUT2D eigenvalue weighted by Crippen LogP contribution is -2.20. The second-order valence-electron chi connectivity index (χ2n) is 4.51. The maximum absolute atomic E-state index is 12.0. The number of ether oxygens (including phenoxy) is 3. The highest BCUT2D eigenvalue weighted by Crippen LogP contribution is 2.29. The molecule has 122 valence electrons. The van der Waals surface area contributed by atoms with E-state index in [1.54, 1.807) is 43.5 Å². The Kier molecular flexibility index (Phi) is 5.96. The number of anilines is 1. The molecule has 2 rings (SSSR count). The minimum Gasteiger partial charge on any atom is -0.497 e. The van der Waals surface area contributed by atoms with Gasteiger partial charge in [-0.2, -0.15) is 0 Å². The first-order chi connectivity index (χ1) is 11.0. The summed E-state index contributed by atoms with van der Waals surface area (Å²) < 4.78 is 15.7. The number of amides is 1. The molecule has 0 radical (unpaired) electrons. The molecule has 2 aromatic rings. The van der Waals surface area contributed by atoms with Crippen molar-refractivity contribution in [2.45, 2.75) is 0 Å². The van der Waals surface area contributed by atoms with Gasteiger partial charge in [-0.15, -0.1) is 0 Å². The summed E-state index contributed by atoms with van der Waals surface area (Å²) in [5, 5.41) is 3.57. The van der Waals surface area contributed by atoms with E-state index < -0.39 is 0 Å². The van der Waals surface area contributed by atoms with Gasteiger partial charge < -0.3 is 19.5 Å². The van der Waals surface area contributed by atoms with Crippen LogP contribution < -0.4 is 19.5 Å². The highest BCUT2D eigenvalue weighted by atomic mass is 35.5. The number of carbonyl (C=O) groups excluding carboxylic acids is 1. The van der Waals surface area contributed by atoms with Gasteiger partial charge >= 0.3 is 0 Å². The molecule has 1 N–H and O–H groups in total. The minimum absolute atomic E-state index is 0.197. The fourth-order valence-electron chi connectivity index (χ4n) is 1.86. The zero-order valence-electron chi connectivity index (χ0n) is 12.6. The summed E-state index contributed by atoms with van der Waals surface area (Å²) in [6.45, 7) is -0.197. The molecule has 0 saturated heterocycles. The smallest absolute Gasteiger partial charge is 0.262 e. The molecule has 0 heterocycles. The maximum atomic E-state index is 12.0. The van der Waals surface area contributed by atoms with E-state index in [9.17, 15) is 4.79 Å². The summed E-state index contributed by atoms with van der Waals surface area (Å²) >= 11 is 11.7. The molecular formula is C16H15Cl2NO4. The highest BCUT2D eigenvalue weighted by molar-refractivity contribution is 6.34. The van der Waals surface area contributed by atoms with Crippen LogP contribution in [0.25, 0.3) is 0 Å². The van der Waals surface area contributed by atoms with E-state index in [0.29, 0.717) is 33.0 Å². The van der Waals surface area contributed by atoms with Crippen molar-refractivity contribution < 1.29 is 19.0 Å². The summed E-state index contributed by atoms with van der Waals surface area (Å²) in [6, 6.07) is 9.83. The molecule has 2 aromatic carbocycles. The first kappa shape index (κ1) is 17.2. The summed E-state index contributed by atoms with van der Waals surface area (Å²) in [6.07, 6.45) is 0. The van der Waals surface area contributed by atoms with Gasteiger partial charge in [0.15, 0.2) is 6.61 Å². The molecule has 23 heavy (non-hydrogen) atoms. The fourth-order valence-corrected chi connectivity index (χ4v) is 2.36. The van der Waals surface area contributed by atoms with Crippen LogP contribution in [0.2, 0.25) is 10.0 Å². The van der Waals surface area contributed by atoms with Gasteiger partial charge in [0.2, 0.25) is 0 Å². The molecular weight excluding hydrogens is 341 g/mol. The van der Waals surface area contributed by atoms with Crippen LogP contribution in [0, 0.1) is 0 Å². The lowest BCUT2D eigenvalue weighted by molar-refractivity contribution is -0.118. The van der Waals surface area contributed by atoms with Crippen LogP contribution in [0.1, 0.15) is 0 Å². The molecule has 0 bridgehead atoms. The Morgan fingerprint density at radius 3 is 2.30 bits per heavy atom. The van der Waals surface area contributed by atoms with E-state index in [-0.39, 0.29) is 12.5 Å². The first-order valence-electron chi connectivity index (χ1n) is 6.62. The molecule has 0 aliphatic heterocycles. The average Bonchev–Trinajstić information content (AvgIpc) is 2.52.